The van der Waals surface area contributed by atoms with Crippen LogP contribution in [0.2, 0.25) is 5.02 Å². The lowest BCUT2D eigenvalue weighted by atomic mass is 9.85. The number of sulfone groups is 1. The molecule has 33 heavy (non-hydrogen) atoms. The second-order valence-electron chi connectivity index (χ2n) is 8.21. The summed E-state index contributed by atoms with van der Waals surface area (Å²) in [6.45, 7) is 3.16. The summed E-state index contributed by atoms with van der Waals surface area (Å²) < 4.78 is 64.3. The van der Waals surface area contributed by atoms with Crippen LogP contribution in [-0.2, 0) is 16.0 Å². The van der Waals surface area contributed by atoms with Crippen molar-refractivity contribution in [1.29, 1.82) is 0 Å². The van der Waals surface area contributed by atoms with E-state index in [0.717, 1.165) is 18.2 Å². The van der Waals surface area contributed by atoms with Crippen LogP contribution in [0, 0.1) is 5.92 Å². The first-order chi connectivity index (χ1) is 15.2. The Hall–Kier alpha value is -2.60. The zero-order valence-corrected chi connectivity index (χ0v) is 19.2. The number of hydrogen-bond donors (Lipinski definition) is 2. The lowest BCUT2D eigenvalue weighted by Gasteiger charge is -2.40. The SMILES string of the molecule is CC(C)(C1CCN(C(=O)c2nc(O)nc(O)c2Cl)CC1)S(=O)(=O)c1cccc(C(F)(F)F)c1. The van der Waals surface area contributed by atoms with Crippen molar-refractivity contribution in [2.45, 2.75) is 42.5 Å². The first-order valence-corrected chi connectivity index (χ1v) is 11.7. The van der Waals surface area contributed by atoms with Gasteiger partial charge < -0.3 is 15.1 Å². The number of carbonyl (C=O) groups excluding carboxylic acids is 1. The fraction of sp³-hybridized carbons (Fsp3) is 0.450. The van der Waals surface area contributed by atoms with E-state index in [-0.39, 0.29) is 25.9 Å². The van der Waals surface area contributed by atoms with E-state index in [1.54, 1.807) is 0 Å². The third-order valence-electron chi connectivity index (χ3n) is 5.95. The van der Waals surface area contributed by atoms with Gasteiger partial charge in [0.05, 0.1) is 15.2 Å². The van der Waals surface area contributed by atoms with Gasteiger partial charge in [-0.15, -0.1) is 0 Å². The minimum absolute atomic E-state index is 0.118. The predicted octanol–water partition coefficient (Wildman–Crippen LogP) is 3.66. The Balaban J connectivity index is 1.79. The van der Waals surface area contributed by atoms with Crippen LogP contribution in [0.5, 0.6) is 11.9 Å². The maximum atomic E-state index is 13.3. The first kappa shape index (κ1) is 25.0. The van der Waals surface area contributed by atoms with Crippen molar-refractivity contribution in [1.82, 2.24) is 14.9 Å². The van der Waals surface area contributed by atoms with Crippen LogP contribution in [0.15, 0.2) is 29.2 Å². The summed E-state index contributed by atoms with van der Waals surface area (Å²) in [5.74, 6) is -1.88. The Morgan fingerprint density at radius 1 is 1.15 bits per heavy atom. The molecule has 0 unspecified atom stereocenters. The van der Waals surface area contributed by atoms with E-state index in [1.807, 2.05) is 0 Å². The molecule has 8 nitrogen and oxygen atoms in total. The molecule has 2 aromatic rings. The summed E-state index contributed by atoms with van der Waals surface area (Å²) in [6.07, 6.45) is -4.18. The molecule has 3 rings (SSSR count). The number of carbonyl (C=O) groups is 1. The number of amides is 1. The fourth-order valence-corrected chi connectivity index (χ4v) is 5.84. The van der Waals surface area contributed by atoms with Crippen molar-refractivity contribution in [2.24, 2.45) is 5.92 Å². The van der Waals surface area contributed by atoms with Gasteiger partial charge in [0.1, 0.15) is 5.02 Å². The van der Waals surface area contributed by atoms with E-state index in [9.17, 15) is 36.6 Å². The highest BCUT2D eigenvalue weighted by Crippen LogP contribution is 2.40. The van der Waals surface area contributed by atoms with Crippen LogP contribution in [-0.4, -0.2) is 57.2 Å². The van der Waals surface area contributed by atoms with Gasteiger partial charge in [-0.05, 0) is 50.8 Å². The molecule has 0 bridgehead atoms. The van der Waals surface area contributed by atoms with Crippen LogP contribution in [0.4, 0.5) is 13.2 Å². The van der Waals surface area contributed by atoms with Gasteiger partial charge in [0.2, 0.25) is 5.88 Å². The number of aromatic nitrogens is 2. The zero-order chi connectivity index (χ0) is 24.8. The average molecular weight is 508 g/mol. The highest BCUT2D eigenvalue weighted by atomic mass is 35.5. The number of likely N-dealkylation sites (tertiary alicyclic amines) is 1. The number of benzene rings is 1. The maximum absolute atomic E-state index is 13.3. The number of alkyl halides is 3. The minimum atomic E-state index is -4.67. The van der Waals surface area contributed by atoms with E-state index in [4.69, 9.17) is 11.6 Å². The van der Waals surface area contributed by atoms with Crippen molar-refractivity contribution in [3.63, 3.8) is 0 Å². The van der Waals surface area contributed by atoms with Crippen LogP contribution in [0.3, 0.4) is 0 Å². The van der Waals surface area contributed by atoms with E-state index in [2.05, 4.69) is 9.97 Å². The third-order valence-corrected chi connectivity index (χ3v) is 8.90. The Morgan fingerprint density at radius 3 is 2.33 bits per heavy atom. The molecule has 1 aliphatic heterocycles. The molecule has 0 radical (unpaired) electrons. The second kappa shape index (κ2) is 8.64. The summed E-state index contributed by atoms with van der Waals surface area (Å²) in [5.41, 5.74) is -1.44. The number of piperidine rings is 1. The summed E-state index contributed by atoms with van der Waals surface area (Å²) in [5, 5.41) is 18.6. The normalized spacial score (nSPS) is 16.1. The van der Waals surface area contributed by atoms with Crippen molar-refractivity contribution >= 4 is 27.3 Å². The van der Waals surface area contributed by atoms with Gasteiger partial charge >= 0.3 is 12.2 Å². The first-order valence-electron chi connectivity index (χ1n) is 9.83. The third kappa shape index (κ3) is 4.72. The second-order valence-corrected chi connectivity index (χ2v) is 11.1. The molecule has 1 saturated heterocycles. The van der Waals surface area contributed by atoms with E-state index in [0.29, 0.717) is 6.07 Å². The van der Waals surface area contributed by atoms with E-state index in [1.165, 1.54) is 18.7 Å². The van der Waals surface area contributed by atoms with Gasteiger partial charge in [-0.25, -0.2) is 8.42 Å². The molecule has 1 aromatic heterocycles. The molecule has 1 aliphatic rings. The highest BCUT2D eigenvalue weighted by molar-refractivity contribution is 7.92. The largest absolute Gasteiger partial charge is 0.492 e. The van der Waals surface area contributed by atoms with E-state index >= 15 is 0 Å². The molecule has 2 N–H and O–H groups in total. The minimum Gasteiger partial charge on any atom is -0.492 e. The molecule has 1 fully saturated rings. The maximum Gasteiger partial charge on any atom is 0.416 e. The molecule has 13 heteroatoms. The van der Waals surface area contributed by atoms with Gasteiger partial charge in [-0.1, -0.05) is 17.7 Å². The number of halogens is 4. The Morgan fingerprint density at radius 2 is 1.76 bits per heavy atom. The molecule has 0 atom stereocenters. The standard InChI is InChI=1S/C20H21ClF3N3O5S/c1-19(2,33(31,32)13-5-3-4-12(10-13)20(22,23)24)11-6-8-27(9-7-11)17(29)15-14(21)16(28)26-18(30)25-15/h3-5,10-11H,6-9H2,1-2H3,(H2,25,26,28,30). The van der Waals surface area contributed by atoms with Gasteiger partial charge in [0, 0.05) is 13.1 Å². The zero-order valence-electron chi connectivity index (χ0n) is 17.6. The molecule has 1 amide bonds. The molecule has 0 spiro atoms. The van der Waals surface area contributed by atoms with Crippen molar-refractivity contribution in [3.8, 4) is 11.9 Å². The van der Waals surface area contributed by atoms with Crippen molar-refractivity contribution in [3.05, 3.63) is 40.5 Å². The molecule has 1 aromatic carbocycles. The number of aromatic hydroxyl groups is 2. The summed E-state index contributed by atoms with van der Waals surface area (Å²) in [4.78, 5) is 20.5. The molecule has 0 aliphatic carbocycles. The monoisotopic (exact) mass is 507 g/mol. The molecule has 2 heterocycles. The average Bonchev–Trinajstić information content (AvgIpc) is 2.75. The van der Waals surface area contributed by atoms with Crippen LogP contribution >= 0.6 is 11.6 Å². The van der Waals surface area contributed by atoms with Crippen molar-refractivity contribution < 1.29 is 36.6 Å². The lowest BCUT2D eigenvalue weighted by Crippen LogP contribution is -2.47. The quantitative estimate of drug-likeness (QED) is 0.647. The van der Waals surface area contributed by atoms with Crippen LogP contribution < -0.4 is 0 Å². The van der Waals surface area contributed by atoms with Gasteiger partial charge in [0.15, 0.2) is 15.5 Å². The fourth-order valence-electron chi connectivity index (χ4n) is 3.86. The molecule has 0 saturated carbocycles. The molecule has 180 valence electrons. The van der Waals surface area contributed by atoms with Crippen molar-refractivity contribution in [2.75, 3.05) is 13.1 Å². The van der Waals surface area contributed by atoms with Crippen LogP contribution in [0.1, 0.15) is 42.7 Å². The van der Waals surface area contributed by atoms with Gasteiger partial charge in [-0.2, -0.15) is 23.1 Å². The molecular weight excluding hydrogens is 487 g/mol. The Labute approximate surface area is 193 Å². The smallest absolute Gasteiger partial charge is 0.416 e. The predicted molar refractivity (Wildman–Crippen MR) is 112 cm³/mol. The summed E-state index contributed by atoms with van der Waals surface area (Å²) in [6, 6.07) is 2.81. The van der Waals surface area contributed by atoms with Gasteiger partial charge in [-0.3, -0.25) is 4.79 Å². The summed E-state index contributed by atoms with van der Waals surface area (Å²) >= 11 is 5.86. The topological polar surface area (TPSA) is 121 Å². The Bertz CT molecular complexity index is 1180. The number of rotatable bonds is 4. The number of nitrogens with zero attached hydrogens (tertiary/aromatic N) is 3. The molecular formula is C20H21ClF3N3O5S. The van der Waals surface area contributed by atoms with Crippen LogP contribution in [0.25, 0.3) is 0 Å². The Kier molecular flexibility index (Phi) is 6.55. The number of hydrogen-bond acceptors (Lipinski definition) is 7. The van der Waals surface area contributed by atoms with Gasteiger partial charge in [0.25, 0.3) is 5.91 Å². The highest BCUT2D eigenvalue weighted by Gasteiger charge is 2.45. The van der Waals surface area contributed by atoms with E-state index < -0.39 is 65.7 Å². The summed E-state index contributed by atoms with van der Waals surface area (Å²) in [7, 11) is -4.14. The lowest BCUT2D eigenvalue weighted by molar-refractivity contribution is -0.137.